The summed E-state index contributed by atoms with van der Waals surface area (Å²) in [7, 11) is 0. The largest absolute Gasteiger partial charge is 0.491 e. The van der Waals surface area contributed by atoms with Crippen LogP contribution in [0.4, 0.5) is 0 Å². The van der Waals surface area contributed by atoms with Crippen LogP contribution in [0, 0.1) is 6.92 Å². The summed E-state index contributed by atoms with van der Waals surface area (Å²) in [6.45, 7) is 6.58. The van der Waals surface area contributed by atoms with Crippen molar-refractivity contribution in [1.82, 2.24) is 5.32 Å². The molecule has 1 atom stereocenters. The van der Waals surface area contributed by atoms with Crippen LogP contribution in [0.3, 0.4) is 0 Å². The Labute approximate surface area is 120 Å². The van der Waals surface area contributed by atoms with Gasteiger partial charge >= 0.3 is 0 Å². The molecule has 3 N–H and O–H groups in total. The van der Waals surface area contributed by atoms with Gasteiger partial charge in [0.15, 0.2) is 0 Å². The number of nitrogens with one attached hydrogen (secondary N) is 1. The van der Waals surface area contributed by atoms with E-state index in [1.165, 1.54) is 0 Å². The van der Waals surface area contributed by atoms with Crippen molar-refractivity contribution < 1.29 is 9.53 Å². The monoisotopic (exact) mass is 276 g/mol. The molecular weight excluding hydrogens is 252 g/mol. The zero-order chi connectivity index (χ0) is 14.7. The third kappa shape index (κ3) is 3.97. The average molecular weight is 276 g/mol. The summed E-state index contributed by atoms with van der Waals surface area (Å²) in [4.78, 5) is 11.4. The van der Waals surface area contributed by atoms with Crippen LogP contribution in [0.5, 0.6) is 5.75 Å². The molecule has 1 saturated carbocycles. The van der Waals surface area contributed by atoms with Gasteiger partial charge < -0.3 is 15.8 Å². The molecule has 0 saturated heterocycles. The summed E-state index contributed by atoms with van der Waals surface area (Å²) in [5, 5.41) is 3.22. The Bertz CT molecular complexity index is 481. The first-order valence-electron chi connectivity index (χ1n) is 7.26. The molecule has 20 heavy (non-hydrogen) atoms. The fraction of sp³-hybridized carbons (Fsp3) is 0.562. The van der Waals surface area contributed by atoms with Gasteiger partial charge in [0, 0.05) is 6.04 Å². The summed E-state index contributed by atoms with van der Waals surface area (Å²) in [6.07, 6.45) is 2.23. The van der Waals surface area contributed by atoms with Crippen LogP contribution in [-0.2, 0) is 4.79 Å². The Kier molecular flexibility index (Phi) is 4.65. The number of carbonyl (C=O) groups excluding carboxylic acids is 1. The molecule has 4 nitrogen and oxygen atoms in total. The lowest BCUT2D eigenvalue weighted by Gasteiger charge is -2.19. The van der Waals surface area contributed by atoms with Crippen molar-refractivity contribution in [1.29, 1.82) is 0 Å². The highest BCUT2D eigenvalue weighted by atomic mass is 16.5. The molecule has 1 fully saturated rings. The van der Waals surface area contributed by atoms with Gasteiger partial charge in [0.05, 0.1) is 0 Å². The van der Waals surface area contributed by atoms with Gasteiger partial charge in [-0.3, -0.25) is 4.79 Å². The first kappa shape index (κ1) is 14.9. The maximum absolute atomic E-state index is 11.4. The topological polar surface area (TPSA) is 64.3 Å². The summed E-state index contributed by atoms with van der Waals surface area (Å²) in [6, 6.07) is 6.20. The van der Waals surface area contributed by atoms with Gasteiger partial charge in [-0.15, -0.1) is 0 Å². The van der Waals surface area contributed by atoms with Crippen LogP contribution >= 0.6 is 0 Å². The van der Waals surface area contributed by atoms with Crippen molar-refractivity contribution in [3.8, 4) is 5.75 Å². The maximum Gasteiger partial charge on any atom is 0.238 e. The maximum atomic E-state index is 11.4. The lowest BCUT2D eigenvalue weighted by molar-refractivity contribution is -0.120. The molecule has 1 aliphatic carbocycles. The van der Waals surface area contributed by atoms with E-state index in [4.69, 9.17) is 10.5 Å². The minimum atomic E-state index is -0.414. The lowest BCUT2D eigenvalue weighted by Crippen LogP contribution is -2.46. The van der Waals surface area contributed by atoms with Crippen LogP contribution in [0.2, 0.25) is 0 Å². The van der Waals surface area contributed by atoms with E-state index >= 15 is 0 Å². The second-order valence-electron chi connectivity index (χ2n) is 5.90. The second-order valence-corrected chi connectivity index (χ2v) is 5.90. The predicted octanol–water partition coefficient (Wildman–Crippen LogP) is 2.10. The molecular formula is C16H24N2O2. The van der Waals surface area contributed by atoms with Gasteiger partial charge in [0.2, 0.25) is 5.91 Å². The first-order valence-corrected chi connectivity index (χ1v) is 7.26. The van der Waals surface area contributed by atoms with Crippen molar-refractivity contribution in [2.75, 3.05) is 6.61 Å². The molecule has 1 aromatic rings. The Hall–Kier alpha value is -1.55. The van der Waals surface area contributed by atoms with E-state index in [9.17, 15) is 4.79 Å². The lowest BCUT2D eigenvalue weighted by atomic mass is 10.0. The Morgan fingerprint density at radius 2 is 2.15 bits per heavy atom. The number of nitrogens with two attached hydrogens (primary N) is 1. The minimum absolute atomic E-state index is 0.287. The van der Waals surface area contributed by atoms with Gasteiger partial charge in [-0.1, -0.05) is 26.0 Å². The van der Waals surface area contributed by atoms with Gasteiger partial charge in [0.25, 0.3) is 0 Å². The first-order chi connectivity index (χ1) is 9.47. The van der Waals surface area contributed by atoms with E-state index in [0.29, 0.717) is 12.0 Å². The van der Waals surface area contributed by atoms with Crippen LogP contribution in [0.1, 0.15) is 43.7 Å². The molecule has 0 spiro atoms. The molecule has 0 heterocycles. The smallest absolute Gasteiger partial charge is 0.238 e. The van der Waals surface area contributed by atoms with Gasteiger partial charge in [-0.2, -0.15) is 0 Å². The quantitative estimate of drug-likeness (QED) is 0.801. The molecule has 1 aliphatic rings. The number of amides is 1. The van der Waals surface area contributed by atoms with Crippen molar-refractivity contribution in [2.45, 2.75) is 51.6 Å². The molecule has 0 bridgehead atoms. The third-order valence-electron chi connectivity index (χ3n) is 3.55. The molecule has 110 valence electrons. The Morgan fingerprint density at radius 3 is 2.70 bits per heavy atom. The van der Waals surface area contributed by atoms with Gasteiger partial charge in [-0.25, -0.2) is 0 Å². The number of primary amides is 1. The number of hydrogen-bond donors (Lipinski definition) is 2. The molecule has 0 aromatic heterocycles. The van der Waals surface area contributed by atoms with Crippen LogP contribution < -0.4 is 15.8 Å². The highest BCUT2D eigenvalue weighted by molar-refractivity contribution is 5.80. The van der Waals surface area contributed by atoms with Gasteiger partial charge in [-0.05, 0) is 42.9 Å². The normalized spacial score (nSPS) is 16.2. The summed E-state index contributed by atoms with van der Waals surface area (Å²) in [5.74, 6) is 0.883. The molecule has 0 aliphatic heterocycles. The summed E-state index contributed by atoms with van der Waals surface area (Å²) in [5.41, 5.74) is 7.73. The highest BCUT2D eigenvalue weighted by Crippen LogP contribution is 2.27. The predicted molar refractivity (Wildman–Crippen MR) is 79.9 cm³/mol. The van der Waals surface area contributed by atoms with E-state index < -0.39 is 6.04 Å². The number of carbonyl (C=O) groups is 1. The molecule has 0 radical (unpaired) electrons. The van der Waals surface area contributed by atoms with Gasteiger partial charge in [0.1, 0.15) is 18.4 Å². The summed E-state index contributed by atoms with van der Waals surface area (Å²) >= 11 is 0. The van der Waals surface area contributed by atoms with E-state index in [2.05, 4.69) is 31.3 Å². The van der Waals surface area contributed by atoms with E-state index in [0.717, 1.165) is 29.7 Å². The van der Waals surface area contributed by atoms with E-state index in [1.54, 1.807) is 0 Å². The molecule has 4 heteroatoms. The Morgan fingerprint density at radius 1 is 1.45 bits per heavy atom. The van der Waals surface area contributed by atoms with Crippen molar-refractivity contribution >= 4 is 5.91 Å². The number of rotatable bonds is 7. The third-order valence-corrected chi connectivity index (χ3v) is 3.55. The number of benzene rings is 1. The number of hydrogen-bond acceptors (Lipinski definition) is 3. The van der Waals surface area contributed by atoms with Crippen LogP contribution in [0.25, 0.3) is 0 Å². The van der Waals surface area contributed by atoms with Crippen molar-refractivity contribution in [3.05, 3.63) is 29.3 Å². The standard InChI is InChI=1S/C16H24N2O2/c1-10(2)13-7-4-11(3)8-15(13)20-9-14(16(17)19)18-12-5-6-12/h4,7-8,10,12,14,18H,5-6,9H2,1-3H3,(H2,17,19). The molecule has 1 aromatic carbocycles. The molecule has 1 unspecified atom stereocenters. The fourth-order valence-electron chi connectivity index (χ4n) is 2.16. The SMILES string of the molecule is Cc1ccc(C(C)C)c(OCC(NC2CC2)C(N)=O)c1. The minimum Gasteiger partial charge on any atom is -0.491 e. The fourth-order valence-corrected chi connectivity index (χ4v) is 2.16. The number of aryl methyl sites for hydroxylation is 1. The molecule has 2 rings (SSSR count). The average Bonchev–Trinajstić information content (AvgIpc) is 3.17. The van der Waals surface area contributed by atoms with Crippen molar-refractivity contribution in [3.63, 3.8) is 0 Å². The second kappa shape index (κ2) is 6.27. The van der Waals surface area contributed by atoms with Crippen LogP contribution in [-0.4, -0.2) is 24.6 Å². The van der Waals surface area contributed by atoms with Crippen LogP contribution in [0.15, 0.2) is 18.2 Å². The number of ether oxygens (including phenoxy) is 1. The van der Waals surface area contributed by atoms with E-state index in [-0.39, 0.29) is 12.5 Å². The Balaban J connectivity index is 2.04. The zero-order valence-electron chi connectivity index (χ0n) is 12.5. The highest BCUT2D eigenvalue weighted by Gasteiger charge is 2.27. The summed E-state index contributed by atoms with van der Waals surface area (Å²) < 4.78 is 5.87. The zero-order valence-corrected chi connectivity index (χ0v) is 12.5. The van der Waals surface area contributed by atoms with Crippen molar-refractivity contribution in [2.24, 2.45) is 5.73 Å². The molecule has 1 amide bonds. The van der Waals surface area contributed by atoms with E-state index in [1.807, 2.05) is 13.0 Å².